The molecule has 3 N–H and O–H groups in total. The number of hydrogen-bond donors (Lipinski definition) is 3. The summed E-state index contributed by atoms with van der Waals surface area (Å²) in [5.74, 6) is 1.02. The first-order valence-corrected chi connectivity index (χ1v) is 11.5. The largest absolute Gasteiger partial charge is 0.496 e. The van der Waals surface area contributed by atoms with Gasteiger partial charge < -0.3 is 19.8 Å². The molecule has 0 radical (unpaired) electrons. The van der Waals surface area contributed by atoms with Gasteiger partial charge in [-0.1, -0.05) is 24.6 Å². The number of benzene rings is 2. The second kappa shape index (κ2) is 11.9. The van der Waals surface area contributed by atoms with Gasteiger partial charge >= 0.3 is 12.1 Å². The number of para-hydroxylation sites is 1. The SMILES string of the molecule is COc1cc(C)cc(OC)c1CCCCCNC(=O)N(C)C(=O)NC(=O)c1cc2ccccc2[nH]1. The van der Waals surface area contributed by atoms with Crippen molar-refractivity contribution in [1.82, 2.24) is 20.5 Å². The van der Waals surface area contributed by atoms with E-state index in [1.165, 1.54) is 7.05 Å². The number of unbranched alkanes of at least 4 members (excludes halogenated alkanes) is 2. The molecule has 0 atom stereocenters. The summed E-state index contributed by atoms with van der Waals surface area (Å²) in [7, 11) is 4.61. The number of fused-ring (bicyclic) bond motifs is 1. The van der Waals surface area contributed by atoms with Crippen molar-refractivity contribution < 1.29 is 23.9 Å². The van der Waals surface area contributed by atoms with Crippen LogP contribution in [0, 0.1) is 6.92 Å². The zero-order valence-corrected chi connectivity index (χ0v) is 20.6. The molecule has 2 aromatic carbocycles. The first-order valence-electron chi connectivity index (χ1n) is 11.5. The van der Waals surface area contributed by atoms with Crippen LogP contribution in [0.4, 0.5) is 9.59 Å². The van der Waals surface area contributed by atoms with E-state index < -0.39 is 18.0 Å². The van der Waals surface area contributed by atoms with E-state index in [2.05, 4.69) is 15.6 Å². The normalized spacial score (nSPS) is 10.6. The number of nitrogens with one attached hydrogen (secondary N) is 3. The monoisotopic (exact) mass is 480 g/mol. The first-order chi connectivity index (χ1) is 16.8. The fraction of sp³-hybridized carbons (Fsp3) is 0.346. The van der Waals surface area contributed by atoms with Crippen LogP contribution in [0.3, 0.4) is 0 Å². The molecule has 3 rings (SSSR count). The number of H-pyrrole nitrogens is 1. The van der Waals surface area contributed by atoms with E-state index in [1.54, 1.807) is 20.3 Å². The fourth-order valence-electron chi connectivity index (χ4n) is 3.82. The van der Waals surface area contributed by atoms with Gasteiger partial charge in [0.25, 0.3) is 5.91 Å². The minimum Gasteiger partial charge on any atom is -0.496 e. The van der Waals surface area contributed by atoms with E-state index in [9.17, 15) is 14.4 Å². The van der Waals surface area contributed by atoms with Crippen LogP contribution in [0.1, 0.15) is 40.9 Å². The average molecular weight is 481 g/mol. The van der Waals surface area contributed by atoms with E-state index in [4.69, 9.17) is 9.47 Å². The molecule has 9 heteroatoms. The van der Waals surface area contributed by atoms with E-state index in [0.717, 1.165) is 64.1 Å². The molecule has 0 aliphatic heterocycles. The Bertz CT molecular complexity index is 1150. The molecule has 0 aliphatic carbocycles. The van der Waals surface area contributed by atoms with Crippen LogP contribution >= 0.6 is 0 Å². The van der Waals surface area contributed by atoms with Crippen LogP contribution in [0.15, 0.2) is 42.5 Å². The molecule has 0 spiro atoms. The van der Waals surface area contributed by atoms with Gasteiger partial charge in [0.2, 0.25) is 0 Å². The lowest BCUT2D eigenvalue weighted by molar-refractivity contribution is 0.0953. The second-order valence-corrected chi connectivity index (χ2v) is 8.28. The summed E-state index contributed by atoms with van der Waals surface area (Å²) in [5.41, 5.74) is 3.13. The van der Waals surface area contributed by atoms with Crippen molar-refractivity contribution in [2.45, 2.75) is 32.6 Å². The highest BCUT2D eigenvalue weighted by Crippen LogP contribution is 2.31. The predicted octanol–water partition coefficient (Wildman–Crippen LogP) is 4.40. The third-order valence-electron chi connectivity index (χ3n) is 5.74. The zero-order valence-electron chi connectivity index (χ0n) is 20.6. The molecule has 9 nitrogen and oxygen atoms in total. The predicted molar refractivity (Wildman–Crippen MR) is 134 cm³/mol. The van der Waals surface area contributed by atoms with Gasteiger partial charge in [-0.2, -0.15) is 0 Å². The molecule has 1 heterocycles. The molecule has 3 aromatic rings. The van der Waals surface area contributed by atoms with Crippen molar-refractivity contribution in [2.24, 2.45) is 0 Å². The summed E-state index contributed by atoms with van der Waals surface area (Å²) in [6.07, 6.45) is 3.29. The van der Waals surface area contributed by atoms with E-state index in [1.807, 2.05) is 43.3 Å². The highest BCUT2D eigenvalue weighted by molar-refractivity contribution is 6.08. The lowest BCUT2D eigenvalue weighted by Gasteiger charge is -2.16. The molecule has 0 aliphatic rings. The lowest BCUT2D eigenvalue weighted by Crippen LogP contribution is -2.48. The summed E-state index contributed by atoms with van der Waals surface area (Å²) < 4.78 is 11.0. The van der Waals surface area contributed by atoms with Crippen molar-refractivity contribution in [3.8, 4) is 11.5 Å². The molecule has 35 heavy (non-hydrogen) atoms. The van der Waals surface area contributed by atoms with Gasteiger partial charge in [0.05, 0.1) is 14.2 Å². The number of hydrogen-bond acceptors (Lipinski definition) is 5. The Labute approximate surface area is 204 Å². The van der Waals surface area contributed by atoms with Crippen LogP contribution < -0.4 is 20.1 Å². The van der Waals surface area contributed by atoms with Crippen molar-refractivity contribution >= 4 is 28.9 Å². The summed E-state index contributed by atoms with van der Waals surface area (Å²) in [6, 6.07) is 11.7. The molecule has 186 valence electrons. The molecule has 0 saturated carbocycles. The highest BCUT2D eigenvalue weighted by atomic mass is 16.5. The molecule has 0 fully saturated rings. The average Bonchev–Trinajstić information content (AvgIpc) is 3.30. The third-order valence-corrected chi connectivity index (χ3v) is 5.74. The molecule has 0 unspecified atom stereocenters. The minimum atomic E-state index is -0.801. The molecule has 0 saturated heterocycles. The van der Waals surface area contributed by atoms with Crippen LogP contribution in [0.25, 0.3) is 10.9 Å². The van der Waals surface area contributed by atoms with Gasteiger partial charge in [0.15, 0.2) is 0 Å². The van der Waals surface area contributed by atoms with E-state index in [0.29, 0.717) is 6.54 Å². The number of aromatic amines is 1. The Balaban J connectivity index is 1.40. The summed E-state index contributed by atoms with van der Waals surface area (Å²) in [6.45, 7) is 2.40. The summed E-state index contributed by atoms with van der Waals surface area (Å²) >= 11 is 0. The Kier molecular flexibility index (Phi) is 8.72. The Morgan fingerprint density at radius 2 is 1.63 bits per heavy atom. The Morgan fingerprint density at radius 3 is 2.29 bits per heavy atom. The number of nitrogens with zero attached hydrogens (tertiary/aromatic N) is 1. The number of rotatable bonds is 9. The summed E-state index contributed by atoms with van der Waals surface area (Å²) in [4.78, 5) is 40.8. The molecule has 5 amide bonds. The number of aromatic nitrogens is 1. The maximum Gasteiger partial charge on any atom is 0.332 e. The summed E-state index contributed by atoms with van der Waals surface area (Å²) in [5, 5.41) is 5.79. The number of urea groups is 2. The number of ether oxygens (including phenoxy) is 2. The Hall–Kier alpha value is -4.01. The maximum absolute atomic E-state index is 12.4. The van der Waals surface area contributed by atoms with Crippen LogP contribution in [-0.2, 0) is 6.42 Å². The number of imide groups is 2. The van der Waals surface area contributed by atoms with Crippen molar-refractivity contribution in [3.05, 3.63) is 59.3 Å². The first kappa shape index (κ1) is 25.6. The quantitative estimate of drug-likeness (QED) is 0.393. The van der Waals surface area contributed by atoms with Gasteiger partial charge in [0.1, 0.15) is 17.2 Å². The lowest BCUT2D eigenvalue weighted by atomic mass is 10.0. The van der Waals surface area contributed by atoms with Gasteiger partial charge in [-0.05, 0) is 56.0 Å². The van der Waals surface area contributed by atoms with Gasteiger partial charge in [-0.15, -0.1) is 0 Å². The smallest absolute Gasteiger partial charge is 0.332 e. The molecular formula is C26H32N4O5. The van der Waals surface area contributed by atoms with Crippen LogP contribution in [0.5, 0.6) is 11.5 Å². The minimum absolute atomic E-state index is 0.246. The highest BCUT2D eigenvalue weighted by Gasteiger charge is 2.20. The molecule has 0 bridgehead atoms. The number of methoxy groups -OCH3 is 2. The second-order valence-electron chi connectivity index (χ2n) is 8.28. The Morgan fingerprint density at radius 1 is 0.943 bits per heavy atom. The molecule has 1 aromatic heterocycles. The third kappa shape index (κ3) is 6.53. The number of carbonyl (C=O) groups excluding carboxylic acids is 3. The number of aryl methyl sites for hydroxylation is 1. The number of amides is 5. The topological polar surface area (TPSA) is 113 Å². The van der Waals surface area contributed by atoms with Crippen molar-refractivity contribution in [3.63, 3.8) is 0 Å². The van der Waals surface area contributed by atoms with Gasteiger partial charge in [0, 0.05) is 30.1 Å². The molecular weight excluding hydrogens is 448 g/mol. The van der Waals surface area contributed by atoms with Gasteiger partial charge in [-0.25, -0.2) is 14.5 Å². The standard InChI is InChI=1S/C26H32N4O5/c1-17-14-22(34-3)19(23(15-17)35-4)11-6-5-9-13-27-25(32)30(2)26(33)29-24(31)21-16-18-10-7-8-12-20(18)28-21/h7-8,10,12,14-16,28H,5-6,9,11,13H2,1-4H3,(H,27,32)(H,29,31,33). The van der Waals surface area contributed by atoms with Crippen molar-refractivity contribution in [1.29, 1.82) is 0 Å². The van der Waals surface area contributed by atoms with Crippen LogP contribution in [-0.4, -0.2) is 55.7 Å². The van der Waals surface area contributed by atoms with Crippen molar-refractivity contribution in [2.75, 3.05) is 27.8 Å². The van der Waals surface area contributed by atoms with Crippen LogP contribution in [0.2, 0.25) is 0 Å². The number of carbonyl (C=O) groups is 3. The van der Waals surface area contributed by atoms with E-state index in [-0.39, 0.29) is 5.69 Å². The zero-order chi connectivity index (χ0) is 25.4. The van der Waals surface area contributed by atoms with E-state index >= 15 is 0 Å². The fourth-order valence-corrected chi connectivity index (χ4v) is 3.82. The maximum atomic E-state index is 12.4. The van der Waals surface area contributed by atoms with Gasteiger partial charge in [-0.3, -0.25) is 10.1 Å².